The Labute approximate surface area is 110 Å². The average Bonchev–Trinajstić information content (AvgIpc) is 2.72. The number of aromatic nitrogens is 1. The van der Waals surface area contributed by atoms with Gasteiger partial charge in [0, 0.05) is 15.5 Å². The number of nitrogens with zero attached hydrogens (tertiary/aromatic N) is 1. The second kappa shape index (κ2) is 4.85. The van der Waals surface area contributed by atoms with E-state index < -0.39 is 5.97 Å². The summed E-state index contributed by atoms with van der Waals surface area (Å²) in [7, 11) is 0. The quantitative estimate of drug-likeness (QED) is 0.908. The molecule has 2 rings (SSSR count). The van der Waals surface area contributed by atoms with Gasteiger partial charge in [-0.15, -0.1) is 11.3 Å². The SMILES string of the molecule is Cc1cc(Nc2nc(C(=O)O)cs2)ccc1Br. The molecule has 0 unspecified atom stereocenters. The first-order chi connectivity index (χ1) is 8.06. The van der Waals surface area contributed by atoms with Crippen molar-refractivity contribution < 1.29 is 9.90 Å². The molecule has 0 aliphatic rings. The highest BCUT2D eigenvalue weighted by Crippen LogP contribution is 2.24. The van der Waals surface area contributed by atoms with E-state index in [0.29, 0.717) is 5.13 Å². The molecule has 4 nitrogen and oxygen atoms in total. The third-order valence-corrected chi connectivity index (χ3v) is 3.78. The molecule has 1 aromatic carbocycles. The Morgan fingerprint density at radius 2 is 2.29 bits per heavy atom. The molecule has 88 valence electrons. The first-order valence-electron chi connectivity index (χ1n) is 4.78. The first-order valence-corrected chi connectivity index (χ1v) is 6.45. The predicted molar refractivity (Wildman–Crippen MR) is 71.2 cm³/mol. The van der Waals surface area contributed by atoms with E-state index in [1.165, 1.54) is 16.7 Å². The Bertz CT molecular complexity index is 568. The second-order valence-electron chi connectivity index (χ2n) is 3.43. The molecule has 0 saturated heterocycles. The minimum Gasteiger partial charge on any atom is -0.476 e. The lowest BCUT2D eigenvalue weighted by Gasteiger charge is -2.04. The van der Waals surface area contributed by atoms with Gasteiger partial charge in [-0.3, -0.25) is 0 Å². The largest absolute Gasteiger partial charge is 0.476 e. The second-order valence-corrected chi connectivity index (χ2v) is 5.14. The summed E-state index contributed by atoms with van der Waals surface area (Å²) >= 11 is 4.69. The summed E-state index contributed by atoms with van der Waals surface area (Å²) in [5.74, 6) is -1.01. The molecule has 0 atom stereocenters. The normalized spacial score (nSPS) is 10.2. The molecule has 0 radical (unpaired) electrons. The van der Waals surface area contributed by atoms with Gasteiger partial charge in [0.25, 0.3) is 0 Å². The smallest absolute Gasteiger partial charge is 0.355 e. The van der Waals surface area contributed by atoms with Crippen molar-refractivity contribution in [1.82, 2.24) is 4.98 Å². The Balaban J connectivity index is 2.19. The molecule has 0 fully saturated rings. The van der Waals surface area contributed by atoms with Gasteiger partial charge in [0.05, 0.1) is 0 Å². The Morgan fingerprint density at radius 3 is 2.88 bits per heavy atom. The van der Waals surface area contributed by atoms with E-state index in [4.69, 9.17) is 5.11 Å². The maximum Gasteiger partial charge on any atom is 0.355 e. The molecule has 0 aliphatic carbocycles. The zero-order valence-corrected chi connectivity index (χ0v) is 11.3. The molecule has 0 saturated carbocycles. The number of carboxylic acids is 1. The Hall–Kier alpha value is -1.40. The number of aryl methyl sites for hydroxylation is 1. The lowest BCUT2D eigenvalue weighted by atomic mass is 10.2. The standard InChI is InChI=1S/C11H9BrN2O2S/c1-6-4-7(2-3-8(6)12)13-11-14-9(5-17-11)10(15)16/h2-5H,1H3,(H,13,14)(H,15,16). The summed E-state index contributed by atoms with van der Waals surface area (Å²) in [6.07, 6.45) is 0. The van der Waals surface area contributed by atoms with Gasteiger partial charge in [-0.25, -0.2) is 9.78 Å². The van der Waals surface area contributed by atoms with Crippen molar-refractivity contribution in [2.75, 3.05) is 5.32 Å². The van der Waals surface area contributed by atoms with Crippen LogP contribution in [-0.2, 0) is 0 Å². The minimum absolute atomic E-state index is 0.0614. The molecule has 0 spiro atoms. The third kappa shape index (κ3) is 2.83. The fourth-order valence-electron chi connectivity index (χ4n) is 1.28. The number of rotatable bonds is 3. The highest BCUT2D eigenvalue weighted by molar-refractivity contribution is 9.10. The predicted octanol–water partition coefficient (Wildman–Crippen LogP) is 3.66. The molecule has 17 heavy (non-hydrogen) atoms. The van der Waals surface area contributed by atoms with Crippen LogP contribution in [0.1, 0.15) is 16.1 Å². The van der Waals surface area contributed by atoms with Gasteiger partial charge in [0.2, 0.25) is 0 Å². The average molecular weight is 313 g/mol. The number of carbonyl (C=O) groups is 1. The fraction of sp³-hybridized carbons (Fsp3) is 0.0909. The van der Waals surface area contributed by atoms with E-state index in [0.717, 1.165) is 15.7 Å². The number of hydrogen-bond acceptors (Lipinski definition) is 4. The molecular weight excluding hydrogens is 304 g/mol. The van der Waals surface area contributed by atoms with Gasteiger partial charge < -0.3 is 10.4 Å². The van der Waals surface area contributed by atoms with E-state index in [1.54, 1.807) is 0 Å². The fourth-order valence-corrected chi connectivity index (χ4v) is 2.23. The molecule has 0 aliphatic heterocycles. The van der Waals surface area contributed by atoms with Crippen molar-refractivity contribution >= 4 is 44.1 Å². The first kappa shape index (κ1) is 12.1. The molecule has 1 aromatic heterocycles. The van der Waals surface area contributed by atoms with Crippen molar-refractivity contribution in [2.24, 2.45) is 0 Å². The molecule has 1 heterocycles. The van der Waals surface area contributed by atoms with Crippen LogP contribution in [0.4, 0.5) is 10.8 Å². The van der Waals surface area contributed by atoms with Crippen LogP contribution in [0.5, 0.6) is 0 Å². The van der Waals surface area contributed by atoms with Crippen LogP contribution in [0.2, 0.25) is 0 Å². The zero-order chi connectivity index (χ0) is 12.4. The molecule has 2 aromatic rings. The maximum absolute atomic E-state index is 10.7. The van der Waals surface area contributed by atoms with Crippen LogP contribution in [0.3, 0.4) is 0 Å². The summed E-state index contributed by atoms with van der Waals surface area (Å²) in [5.41, 5.74) is 2.05. The summed E-state index contributed by atoms with van der Waals surface area (Å²) in [6, 6.07) is 5.80. The molecule has 0 bridgehead atoms. The number of aromatic carboxylic acids is 1. The lowest BCUT2D eigenvalue weighted by molar-refractivity contribution is 0.0691. The van der Waals surface area contributed by atoms with Crippen LogP contribution < -0.4 is 5.32 Å². The maximum atomic E-state index is 10.7. The van der Waals surface area contributed by atoms with Gasteiger partial charge in [-0.1, -0.05) is 15.9 Å². The monoisotopic (exact) mass is 312 g/mol. The van der Waals surface area contributed by atoms with Gasteiger partial charge in [0.15, 0.2) is 10.8 Å². The molecule has 6 heteroatoms. The van der Waals surface area contributed by atoms with Crippen molar-refractivity contribution in [3.8, 4) is 0 Å². The summed E-state index contributed by atoms with van der Waals surface area (Å²) in [5, 5.41) is 13.9. The van der Waals surface area contributed by atoms with Crippen LogP contribution in [0, 0.1) is 6.92 Å². The van der Waals surface area contributed by atoms with E-state index >= 15 is 0 Å². The highest BCUT2D eigenvalue weighted by atomic mass is 79.9. The number of halogens is 1. The highest BCUT2D eigenvalue weighted by Gasteiger charge is 2.08. The van der Waals surface area contributed by atoms with Crippen molar-refractivity contribution in [3.63, 3.8) is 0 Å². The topological polar surface area (TPSA) is 62.2 Å². The van der Waals surface area contributed by atoms with Gasteiger partial charge >= 0.3 is 5.97 Å². The minimum atomic E-state index is -1.01. The van der Waals surface area contributed by atoms with Crippen molar-refractivity contribution in [1.29, 1.82) is 0 Å². The molecule has 0 amide bonds. The molecular formula is C11H9BrN2O2S. The number of anilines is 2. The van der Waals surface area contributed by atoms with E-state index in [9.17, 15) is 4.79 Å². The number of benzene rings is 1. The third-order valence-electron chi connectivity index (χ3n) is 2.13. The number of hydrogen-bond donors (Lipinski definition) is 2. The van der Waals surface area contributed by atoms with Crippen LogP contribution in [-0.4, -0.2) is 16.1 Å². The van der Waals surface area contributed by atoms with Gasteiger partial charge in [-0.2, -0.15) is 0 Å². The summed E-state index contributed by atoms with van der Waals surface area (Å²) in [4.78, 5) is 14.6. The number of thiazole rings is 1. The van der Waals surface area contributed by atoms with E-state index in [2.05, 4.69) is 26.2 Å². The molecule has 2 N–H and O–H groups in total. The van der Waals surface area contributed by atoms with Crippen LogP contribution >= 0.6 is 27.3 Å². The summed E-state index contributed by atoms with van der Waals surface area (Å²) < 4.78 is 1.04. The van der Waals surface area contributed by atoms with Crippen molar-refractivity contribution in [3.05, 3.63) is 39.3 Å². The van der Waals surface area contributed by atoms with Gasteiger partial charge in [0.1, 0.15) is 0 Å². The summed E-state index contributed by atoms with van der Waals surface area (Å²) in [6.45, 7) is 1.99. The van der Waals surface area contributed by atoms with Crippen molar-refractivity contribution in [2.45, 2.75) is 6.92 Å². The van der Waals surface area contributed by atoms with Crippen LogP contribution in [0.15, 0.2) is 28.1 Å². The van der Waals surface area contributed by atoms with E-state index in [-0.39, 0.29) is 5.69 Å². The Morgan fingerprint density at radius 1 is 1.53 bits per heavy atom. The van der Waals surface area contributed by atoms with Gasteiger partial charge in [-0.05, 0) is 30.7 Å². The number of carboxylic acid groups (broad SMARTS) is 1. The zero-order valence-electron chi connectivity index (χ0n) is 8.90. The van der Waals surface area contributed by atoms with Crippen LogP contribution in [0.25, 0.3) is 0 Å². The number of nitrogens with one attached hydrogen (secondary N) is 1. The lowest BCUT2D eigenvalue weighted by Crippen LogP contribution is -1.97. The van der Waals surface area contributed by atoms with E-state index in [1.807, 2.05) is 25.1 Å². The Kier molecular flexibility index (Phi) is 3.44.